The Morgan fingerprint density at radius 2 is 2.00 bits per heavy atom. The SMILES string of the molecule is Clc1cnc(OCCN2CCCCC2)c(Cl)c1. The number of ether oxygens (including phenoxy) is 1. The number of nitrogens with zero attached hydrogens (tertiary/aromatic N) is 2. The second-order valence-corrected chi connectivity index (χ2v) is 5.03. The summed E-state index contributed by atoms with van der Waals surface area (Å²) in [4.78, 5) is 6.47. The Labute approximate surface area is 112 Å². The van der Waals surface area contributed by atoms with E-state index in [1.54, 1.807) is 12.3 Å². The average Bonchev–Trinajstić information content (AvgIpc) is 2.33. The van der Waals surface area contributed by atoms with E-state index >= 15 is 0 Å². The van der Waals surface area contributed by atoms with Crippen LogP contribution < -0.4 is 4.74 Å². The minimum atomic E-state index is 0.466. The molecule has 1 aromatic heterocycles. The van der Waals surface area contributed by atoms with Crippen LogP contribution >= 0.6 is 23.2 Å². The fraction of sp³-hybridized carbons (Fsp3) is 0.583. The molecule has 0 amide bonds. The zero-order valence-corrected chi connectivity index (χ0v) is 11.2. The number of piperidine rings is 1. The minimum absolute atomic E-state index is 0.466. The summed E-state index contributed by atoms with van der Waals surface area (Å²) in [5.74, 6) is 0.466. The summed E-state index contributed by atoms with van der Waals surface area (Å²) in [5.41, 5.74) is 0. The molecule has 0 aliphatic carbocycles. The summed E-state index contributed by atoms with van der Waals surface area (Å²) in [5, 5.41) is 0.995. The van der Waals surface area contributed by atoms with Crippen molar-refractivity contribution in [1.29, 1.82) is 0 Å². The maximum atomic E-state index is 5.97. The molecule has 1 aliphatic heterocycles. The first-order chi connectivity index (χ1) is 8.25. The molecule has 94 valence electrons. The van der Waals surface area contributed by atoms with Crippen molar-refractivity contribution in [3.8, 4) is 5.88 Å². The van der Waals surface area contributed by atoms with Crippen LogP contribution in [0.1, 0.15) is 19.3 Å². The van der Waals surface area contributed by atoms with Gasteiger partial charge in [0.25, 0.3) is 0 Å². The summed E-state index contributed by atoms with van der Waals surface area (Å²) in [6.07, 6.45) is 5.48. The third kappa shape index (κ3) is 4.02. The third-order valence-corrected chi connectivity index (χ3v) is 3.35. The highest BCUT2D eigenvalue weighted by Gasteiger charge is 2.10. The molecule has 1 aromatic rings. The van der Waals surface area contributed by atoms with Gasteiger partial charge in [0.15, 0.2) is 0 Å². The fourth-order valence-corrected chi connectivity index (χ4v) is 2.40. The minimum Gasteiger partial charge on any atom is -0.475 e. The van der Waals surface area contributed by atoms with Crippen molar-refractivity contribution in [2.24, 2.45) is 0 Å². The molecule has 0 aromatic carbocycles. The summed E-state index contributed by atoms with van der Waals surface area (Å²) in [6.45, 7) is 3.89. The zero-order chi connectivity index (χ0) is 12.1. The Morgan fingerprint density at radius 3 is 2.71 bits per heavy atom. The van der Waals surface area contributed by atoms with Crippen LogP contribution in [0.25, 0.3) is 0 Å². The summed E-state index contributed by atoms with van der Waals surface area (Å²) >= 11 is 11.7. The van der Waals surface area contributed by atoms with Crippen LogP contribution in [0.15, 0.2) is 12.3 Å². The second-order valence-electron chi connectivity index (χ2n) is 4.19. The van der Waals surface area contributed by atoms with Crippen molar-refractivity contribution in [2.75, 3.05) is 26.2 Å². The van der Waals surface area contributed by atoms with E-state index in [0.717, 1.165) is 6.54 Å². The number of rotatable bonds is 4. The molecule has 0 spiro atoms. The largest absolute Gasteiger partial charge is 0.475 e. The highest BCUT2D eigenvalue weighted by atomic mass is 35.5. The van der Waals surface area contributed by atoms with E-state index < -0.39 is 0 Å². The Kier molecular flexibility index (Phi) is 4.89. The lowest BCUT2D eigenvalue weighted by Crippen LogP contribution is -2.33. The van der Waals surface area contributed by atoms with Gasteiger partial charge in [-0.05, 0) is 32.0 Å². The lowest BCUT2D eigenvalue weighted by molar-refractivity contribution is 0.180. The molecule has 0 bridgehead atoms. The molecule has 1 aliphatic rings. The predicted octanol–water partition coefficient (Wildman–Crippen LogP) is 3.25. The van der Waals surface area contributed by atoms with Gasteiger partial charge in [-0.2, -0.15) is 0 Å². The first kappa shape index (κ1) is 12.9. The molecule has 5 heteroatoms. The second kappa shape index (κ2) is 6.43. The van der Waals surface area contributed by atoms with Gasteiger partial charge in [-0.25, -0.2) is 4.98 Å². The topological polar surface area (TPSA) is 25.4 Å². The van der Waals surface area contributed by atoms with Crippen molar-refractivity contribution in [3.63, 3.8) is 0 Å². The normalized spacial score (nSPS) is 17.1. The van der Waals surface area contributed by atoms with Crippen molar-refractivity contribution in [2.45, 2.75) is 19.3 Å². The van der Waals surface area contributed by atoms with Gasteiger partial charge < -0.3 is 4.74 Å². The van der Waals surface area contributed by atoms with E-state index in [1.807, 2.05) is 0 Å². The molecule has 2 rings (SSSR count). The predicted molar refractivity (Wildman–Crippen MR) is 70.0 cm³/mol. The Hall–Kier alpha value is -0.510. The van der Waals surface area contributed by atoms with Crippen LogP contribution in [-0.2, 0) is 0 Å². The van der Waals surface area contributed by atoms with Gasteiger partial charge in [0, 0.05) is 12.7 Å². The molecule has 3 nitrogen and oxygen atoms in total. The number of halogens is 2. The fourth-order valence-electron chi connectivity index (χ4n) is 1.96. The van der Waals surface area contributed by atoms with Crippen molar-refractivity contribution < 1.29 is 4.74 Å². The van der Waals surface area contributed by atoms with Crippen LogP contribution in [0.4, 0.5) is 0 Å². The van der Waals surface area contributed by atoms with Gasteiger partial charge in [-0.1, -0.05) is 29.6 Å². The van der Waals surface area contributed by atoms with Crippen molar-refractivity contribution >= 4 is 23.2 Å². The standard InChI is InChI=1S/C12H16Cl2N2O/c13-10-8-11(14)12(15-9-10)17-7-6-16-4-2-1-3-5-16/h8-9H,1-7H2. The average molecular weight is 275 g/mol. The zero-order valence-electron chi connectivity index (χ0n) is 9.66. The molecule has 2 heterocycles. The number of aromatic nitrogens is 1. The van der Waals surface area contributed by atoms with E-state index in [1.165, 1.54) is 32.4 Å². The van der Waals surface area contributed by atoms with Gasteiger partial charge in [0.05, 0.1) is 5.02 Å². The summed E-state index contributed by atoms with van der Waals surface area (Å²) in [7, 11) is 0. The van der Waals surface area contributed by atoms with Crippen LogP contribution in [-0.4, -0.2) is 36.1 Å². The van der Waals surface area contributed by atoms with E-state index in [0.29, 0.717) is 22.5 Å². The van der Waals surface area contributed by atoms with Crippen LogP contribution in [0.3, 0.4) is 0 Å². The van der Waals surface area contributed by atoms with Gasteiger partial charge in [-0.15, -0.1) is 0 Å². The van der Waals surface area contributed by atoms with E-state index in [9.17, 15) is 0 Å². The molecule has 0 N–H and O–H groups in total. The molecule has 17 heavy (non-hydrogen) atoms. The number of hydrogen-bond donors (Lipinski definition) is 0. The highest BCUT2D eigenvalue weighted by Crippen LogP contribution is 2.24. The first-order valence-corrected chi connectivity index (χ1v) is 6.67. The Morgan fingerprint density at radius 1 is 1.24 bits per heavy atom. The summed E-state index contributed by atoms with van der Waals surface area (Å²) in [6, 6.07) is 1.65. The Bertz CT molecular complexity index is 368. The highest BCUT2D eigenvalue weighted by molar-refractivity contribution is 6.35. The molecule has 0 saturated carbocycles. The van der Waals surface area contributed by atoms with Crippen molar-refractivity contribution in [3.05, 3.63) is 22.3 Å². The van der Waals surface area contributed by atoms with Crippen LogP contribution in [0.2, 0.25) is 10.0 Å². The molecular weight excluding hydrogens is 259 g/mol. The smallest absolute Gasteiger partial charge is 0.232 e. The van der Waals surface area contributed by atoms with Crippen molar-refractivity contribution in [1.82, 2.24) is 9.88 Å². The maximum absolute atomic E-state index is 5.97. The quantitative estimate of drug-likeness (QED) is 0.843. The lowest BCUT2D eigenvalue weighted by Gasteiger charge is -2.26. The lowest BCUT2D eigenvalue weighted by atomic mass is 10.1. The van der Waals surface area contributed by atoms with E-state index in [-0.39, 0.29) is 0 Å². The van der Waals surface area contributed by atoms with Gasteiger partial charge in [0.1, 0.15) is 11.6 Å². The van der Waals surface area contributed by atoms with Gasteiger partial charge in [0.2, 0.25) is 5.88 Å². The number of likely N-dealkylation sites (tertiary alicyclic amines) is 1. The molecule has 0 radical (unpaired) electrons. The number of pyridine rings is 1. The number of hydrogen-bond acceptors (Lipinski definition) is 3. The molecule has 0 unspecified atom stereocenters. The first-order valence-electron chi connectivity index (χ1n) is 5.92. The molecule has 1 fully saturated rings. The third-order valence-electron chi connectivity index (χ3n) is 2.87. The van der Waals surface area contributed by atoms with Gasteiger partial charge in [-0.3, -0.25) is 4.90 Å². The van der Waals surface area contributed by atoms with Gasteiger partial charge >= 0.3 is 0 Å². The molecule has 0 atom stereocenters. The monoisotopic (exact) mass is 274 g/mol. The van der Waals surface area contributed by atoms with E-state index in [2.05, 4.69) is 9.88 Å². The van der Waals surface area contributed by atoms with Crippen LogP contribution in [0, 0.1) is 0 Å². The maximum Gasteiger partial charge on any atom is 0.232 e. The molecule has 1 saturated heterocycles. The van der Waals surface area contributed by atoms with Crippen LogP contribution in [0.5, 0.6) is 5.88 Å². The molecular formula is C12H16Cl2N2O. The van der Waals surface area contributed by atoms with E-state index in [4.69, 9.17) is 27.9 Å². The Balaban J connectivity index is 1.77. The summed E-state index contributed by atoms with van der Waals surface area (Å²) < 4.78 is 5.55.